The van der Waals surface area contributed by atoms with Crippen LogP contribution in [0.5, 0.6) is 0 Å². The van der Waals surface area contributed by atoms with Crippen LogP contribution in [0.3, 0.4) is 0 Å². The van der Waals surface area contributed by atoms with Gasteiger partial charge >= 0.3 is 6.18 Å². The van der Waals surface area contributed by atoms with Gasteiger partial charge in [0.05, 0.1) is 12.1 Å². The monoisotopic (exact) mass is 238 g/mol. The molecule has 0 amide bonds. The van der Waals surface area contributed by atoms with E-state index >= 15 is 0 Å². The summed E-state index contributed by atoms with van der Waals surface area (Å²) in [5, 5.41) is 3.30. The molecule has 15 heavy (non-hydrogen) atoms. The Kier molecular flexibility index (Phi) is 3.59. The number of hydrogen-bond acceptors (Lipinski definition) is 3. The van der Waals surface area contributed by atoms with Crippen LogP contribution in [0.4, 0.5) is 18.3 Å². The number of aryl methyl sites for hydroxylation is 2. The first-order chi connectivity index (χ1) is 6.78. The highest BCUT2D eigenvalue weighted by molar-refractivity contribution is 7.15. The molecule has 86 valence electrons. The average Bonchev–Trinajstić information content (AvgIpc) is 2.26. The summed E-state index contributed by atoms with van der Waals surface area (Å²) in [4.78, 5) is 5.14. The zero-order valence-electron chi connectivity index (χ0n) is 8.77. The normalized spacial score (nSPS) is 14.0. The number of aromatic nitrogens is 1. The van der Waals surface area contributed by atoms with E-state index in [0.717, 1.165) is 10.6 Å². The van der Waals surface area contributed by atoms with E-state index in [1.165, 1.54) is 18.3 Å². The Morgan fingerprint density at radius 3 is 2.40 bits per heavy atom. The number of nitrogens with zero attached hydrogens (tertiary/aromatic N) is 1. The molecule has 1 aromatic rings. The molecule has 2 nitrogen and oxygen atoms in total. The highest BCUT2D eigenvalue weighted by Crippen LogP contribution is 2.26. The number of anilines is 1. The summed E-state index contributed by atoms with van der Waals surface area (Å²) in [5.74, 6) is 0. The van der Waals surface area contributed by atoms with Crippen molar-refractivity contribution in [1.82, 2.24) is 4.98 Å². The molecule has 0 aliphatic carbocycles. The summed E-state index contributed by atoms with van der Waals surface area (Å²) in [6.45, 7) is 5.23. The molecule has 0 aliphatic heterocycles. The minimum absolute atomic E-state index is 0.557. The number of thiazole rings is 1. The van der Waals surface area contributed by atoms with E-state index in [0.29, 0.717) is 5.13 Å². The quantitative estimate of drug-likeness (QED) is 0.871. The molecule has 1 rings (SSSR count). The molecule has 0 bridgehead atoms. The average molecular weight is 238 g/mol. The molecule has 0 spiro atoms. The Morgan fingerprint density at radius 2 is 2.00 bits per heavy atom. The molecule has 1 unspecified atom stereocenters. The minimum atomic E-state index is -4.13. The summed E-state index contributed by atoms with van der Waals surface area (Å²) in [5.41, 5.74) is 0.863. The lowest BCUT2D eigenvalue weighted by Gasteiger charge is -2.14. The van der Waals surface area contributed by atoms with Crippen LogP contribution in [0.2, 0.25) is 0 Å². The largest absolute Gasteiger partial charge is 0.391 e. The SMILES string of the molecule is Cc1nc(NC(C)CC(F)(F)F)sc1C. The van der Waals surface area contributed by atoms with Gasteiger partial charge in [0.15, 0.2) is 5.13 Å². The zero-order valence-corrected chi connectivity index (χ0v) is 9.59. The van der Waals surface area contributed by atoms with Gasteiger partial charge in [0, 0.05) is 10.9 Å². The molecular formula is C9H13F3N2S. The van der Waals surface area contributed by atoms with Crippen molar-refractivity contribution in [2.45, 2.75) is 39.4 Å². The fourth-order valence-electron chi connectivity index (χ4n) is 1.14. The minimum Gasteiger partial charge on any atom is -0.359 e. The molecule has 0 aromatic carbocycles. The van der Waals surface area contributed by atoms with Crippen LogP contribution in [0.25, 0.3) is 0 Å². The fraction of sp³-hybridized carbons (Fsp3) is 0.667. The van der Waals surface area contributed by atoms with Gasteiger partial charge in [-0.3, -0.25) is 0 Å². The Balaban J connectivity index is 2.55. The molecule has 0 saturated heterocycles. The van der Waals surface area contributed by atoms with Crippen molar-refractivity contribution in [2.24, 2.45) is 0 Å². The Hall–Kier alpha value is -0.780. The van der Waals surface area contributed by atoms with E-state index in [-0.39, 0.29) is 0 Å². The van der Waals surface area contributed by atoms with E-state index in [1.807, 2.05) is 13.8 Å². The lowest BCUT2D eigenvalue weighted by molar-refractivity contribution is -0.136. The summed E-state index contributed by atoms with van der Waals surface area (Å²) >= 11 is 1.38. The van der Waals surface area contributed by atoms with Gasteiger partial charge in [-0.25, -0.2) is 4.98 Å². The molecule has 1 heterocycles. The number of alkyl halides is 3. The van der Waals surface area contributed by atoms with Gasteiger partial charge in [-0.2, -0.15) is 13.2 Å². The number of hydrogen-bond donors (Lipinski definition) is 1. The van der Waals surface area contributed by atoms with Gasteiger partial charge in [0.1, 0.15) is 0 Å². The molecule has 0 fully saturated rings. The van der Waals surface area contributed by atoms with Gasteiger partial charge in [0.2, 0.25) is 0 Å². The molecule has 0 radical (unpaired) electrons. The predicted octanol–water partition coefficient (Wildman–Crippen LogP) is 3.51. The van der Waals surface area contributed by atoms with Crippen molar-refractivity contribution in [3.63, 3.8) is 0 Å². The number of halogens is 3. The van der Waals surface area contributed by atoms with Gasteiger partial charge in [-0.1, -0.05) is 0 Å². The molecule has 6 heteroatoms. The molecular weight excluding hydrogens is 225 g/mol. The second-order valence-electron chi connectivity index (χ2n) is 3.53. The zero-order chi connectivity index (χ0) is 11.6. The molecule has 1 aromatic heterocycles. The highest BCUT2D eigenvalue weighted by atomic mass is 32.1. The van der Waals surface area contributed by atoms with Crippen molar-refractivity contribution >= 4 is 16.5 Å². The Bertz CT molecular complexity index is 313. The third-order valence-electron chi connectivity index (χ3n) is 1.94. The third kappa shape index (κ3) is 4.07. The van der Waals surface area contributed by atoms with Crippen molar-refractivity contribution < 1.29 is 13.2 Å². The maximum atomic E-state index is 12.0. The Morgan fingerprint density at radius 1 is 1.40 bits per heavy atom. The maximum absolute atomic E-state index is 12.0. The van der Waals surface area contributed by atoms with Gasteiger partial charge < -0.3 is 5.32 Å². The van der Waals surface area contributed by atoms with E-state index in [9.17, 15) is 13.2 Å². The first kappa shape index (κ1) is 12.3. The highest BCUT2D eigenvalue weighted by Gasteiger charge is 2.30. The van der Waals surface area contributed by atoms with Crippen molar-refractivity contribution in [2.75, 3.05) is 5.32 Å². The summed E-state index contributed by atoms with van der Waals surface area (Å²) in [7, 11) is 0. The standard InChI is InChI=1S/C9H13F3N2S/c1-5(4-9(10,11)12)13-8-14-6(2)7(3)15-8/h5H,4H2,1-3H3,(H,13,14). The van der Waals surface area contributed by atoms with Crippen LogP contribution >= 0.6 is 11.3 Å². The van der Waals surface area contributed by atoms with Crippen LogP contribution in [-0.4, -0.2) is 17.2 Å². The van der Waals surface area contributed by atoms with Crippen LogP contribution in [-0.2, 0) is 0 Å². The number of nitrogens with one attached hydrogen (secondary N) is 1. The summed E-state index contributed by atoms with van der Waals surface area (Å²) in [6, 6.07) is -0.644. The maximum Gasteiger partial charge on any atom is 0.391 e. The topological polar surface area (TPSA) is 24.9 Å². The van der Waals surface area contributed by atoms with Gasteiger partial charge in [0.25, 0.3) is 0 Å². The van der Waals surface area contributed by atoms with E-state index in [1.54, 1.807) is 0 Å². The van der Waals surface area contributed by atoms with E-state index in [2.05, 4.69) is 10.3 Å². The van der Waals surface area contributed by atoms with Crippen molar-refractivity contribution in [1.29, 1.82) is 0 Å². The van der Waals surface area contributed by atoms with Crippen LogP contribution < -0.4 is 5.32 Å². The smallest absolute Gasteiger partial charge is 0.359 e. The lowest BCUT2D eigenvalue weighted by Crippen LogP contribution is -2.23. The fourth-order valence-corrected chi connectivity index (χ4v) is 2.07. The first-order valence-electron chi connectivity index (χ1n) is 4.55. The van der Waals surface area contributed by atoms with Crippen LogP contribution in [0.15, 0.2) is 0 Å². The summed E-state index contributed by atoms with van der Waals surface area (Å²) < 4.78 is 36.1. The van der Waals surface area contributed by atoms with Gasteiger partial charge in [-0.15, -0.1) is 11.3 Å². The lowest BCUT2D eigenvalue weighted by atomic mass is 10.2. The van der Waals surface area contributed by atoms with Crippen molar-refractivity contribution in [3.8, 4) is 0 Å². The molecule has 0 saturated carbocycles. The second kappa shape index (κ2) is 4.38. The predicted molar refractivity (Wildman–Crippen MR) is 55.3 cm³/mol. The van der Waals surface area contributed by atoms with E-state index < -0.39 is 18.6 Å². The first-order valence-corrected chi connectivity index (χ1v) is 5.37. The van der Waals surface area contributed by atoms with E-state index in [4.69, 9.17) is 0 Å². The third-order valence-corrected chi connectivity index (χ3v) is 2.94. The second-order valence-corrected chi connectivity index (χ2v) is 4.73. The van der Waals surface area contributed by atoms with Crippen LogP contribution in [0.1, 0.15) is 23.9 Å². The van der Waals surface area contributed by atoms with Crippen LogP contribution in [0, 0.1) is 13.8 Å². The molecule has 1 N–H and O–H groups in total. The van der Waals surface area contributed by atoms with Gasteiger partial charge in [-0.05, 0) is 20.8 Å². The molecule has 0 aliphatic rings. The number of rotatable bonds is 3. The Labute approximate surface area is 90.5 Å². The molecule has 1 atom stereocenters. The van der Waals surface area contributed by atoms with Crippen molar-refractivity contribution in [3.05, 3.63) is 10.6 Å². The summed E-state index contributed by atoms with van der Waals surface area (Å²) in [6.07, 6.45) is -4.97.